The number of nitrogens with zero attached hydrogens (tertiary/aromatic N) is 3. The van der Waals surface area contributed by atoms with Crippen LogP contribution in [0.4, 0.5) is 5.69 Å². The second kappa shape index (κ2) is 7.72. The number of methoxy groups -OCH3 is 1. The SMILES string of the molecule is COc1ccc2c(c1)OC1=C(C=C(C)S13OC(=O)C=CC(=O)O3)C(N1CCN(C)CC1)=N2. The van der Waals surface area contributed by atoms with Crippen LogP contribution < -0.4 is 9.47 Å². The Bertz CT molecular complexity index is 1110. The topological polar surface area (TPSA) is 89.9 Å². The minimum absolute atomic E-state index is 0.282. The van der Waals surface area contributed by atoms with Crippen LogP contribution in [-0.4, -0.2) is 67.9 Å². The summed E-state index contributed by atoms with van der Waals surface area (Å²) in [6.07, 6.45) is 3.98. The van der Waals surface area contributed by atoms with Crippen molar-refractivity contribution in [3.63, 3.8) is 0 Å². The van der Waals surface area contributed by atoms with Crippen LogP contribution in [0.25, 0.3) is 0 Å². The van der Waals surface area contributed by atoms with Crippen molar-refractivity contribution in [2.45, 2.75) is 6.92 Å². The Morgan fingerprint density at radius 3 is 2.41 bits per heavy atom. The zero-order valence-corrected chi connectivity index (χ0v) is 18.8. The highest BCUT2D eigenvalue weighted by Crippen LogP contribution is 2.69. The van der Waals surface area contributed by atoms with Crippen LogP contribution in [0.2, 0.25) is 0 Å². The molecule has 10 heteroatoms. The number of hydrogen-bond acceptors (Lipinski definition) is 9. The van der Waals surface area contributed by atoms with Crippen molar-refractivity contribution in [2.24, 2.45) is 4.99 Å². The fraction of sp³-hybridized carbons (Fsp3) is 0.318. The molecule has 0 unspecified atom stereocenters. The molecule has 1 spiro atoms. The number of likely N-dealkylation sites (N-methyl/N-ethyl adjacent to an activating group) is 1. The summed E-state index contributed by atoms with van der Waals surface area (Å²) < 4.78 is 23.2. The normalized spacial score (nSPS) is 23.2. The Morgan fingerprint density at radius 2 is 1.75 bits per heavy atom. The van der Waals surface area contributed by atoms with E-state index in [1.165, 1.54) is 0 Å². The van der Waals surface area contributed by atoms with E-state index in [2.05, 4.69) is 16.8 Å². The summed E-state index contributed by atoms with van der Waals surface area (Å²) in [5.74, 6) is 0.394. The van der Waals surface area contributed by atoms with Crippen LogP contribution in [0.1, 0.15) is 6.92 Å². The molecular formula is C22H23N3O6S. The van der Waals surface area contributed by atoms with Gasteiger partial charge in [0.05, 0.1) is 17.6 Å². The van der Waals surface area contributed by atoms with Crippen LogP contribution >= 0.6 is 10.6 Å². The first-order valence-electron chi connectivity index (χ1n) is 10.2. The third-order valence-electron chi connectivity index (χ3n) is 5.63. The van der Waals surface area contributed by atoms with E-state index >= 15 is 0 Å². The molecule has 1 aromatic rings. The number of carbonyl (C=O) groups is 2. The molecule has 1 saturated heterocycles. The molecule has 4 aliphatic rings. The molecule has 0 radical (unpaired) electrons. The summed E-state index contributed by atoms with van der Waals surface area (Å²) >= 11 is 0. The van der Waals surface area contributed by atoms with Crippen molar-refractivity contribution in [3.8, 4) is 11.5 Å². The minimum atomic E-state index is -2.95. The van der Waals surface area contributed by atoms with E-state index in [0.717, 1.165) is 38.3 Å². The number of aliphatic imine (C=N–C) groups is 1. The molecule has 4 aliphatic heterocycles. The van der Waals surface area contributed by atoms with E-state index in [0.29, 0.717) is 33.5 Å². The average molecular weight is 458 g/mol. The van der Waals surface area contributed by atoms with Gasteiger partial charge >= 0.3 is 11.9 Å². The van der Waals surface area contributed by atoms with Gasteiger partial charge in [0.1, 0.15) is 17.3 Å². The maximum Gasteiger partial charge on any atom is 0.354 e. The number of allylic oxidation sites excluding steroid dienone is 1. The van der Waals surface area contributed by atoms with Crippen LogP contribution in [0.5, 0.6) is 11.5 Å². The van der Waals surface area contributed by atoms with Crippen LogP contribution in [-0.2, 0) is 18.0 Å². The highest BCUT2D eigenvalue weighted by molar-refractivity contribution is 8.32. The second-order valence-electron chi connectivity index (χ2n) is 7.76. The number of rotatable bonds is 1. The molecule has 1 fully saturated rings. The van der Waals surface area contributed by atoms with Crippen molar-refractivity contribution < 1.29 is 27.4 Å². The Hall–Kier alpha value is -3.24. The van der Waals surface area contributed by atoms with Gasteiger partial charge in [0.2, 0.25) is 5.09 Å². The van der Waals surface area contributed by atoms with Gasteiger partial charge in [-0.2, -0.15) is 0 Å². The molecule has 0 amide bonds. The number of amidine groups is 1. The van der Waals surface area contributed by atoms with E-state index < -0.39 is 22.5 Å². The van der Waals surface area contributed by atoms with Crippen molar-refractivity contribution in [3.05, 3.63) is 52.0 Å². The van der Waals surface area contributed by atoms with Crippen LogP contribution in [0.3, 0.4) is 0 Å². The van der Waals surface area contributed by atoms with E-state index in [1.807, 2.05) is 18.2 Å². The number of piperazine rings is 1. The molecule has 0 saturated carbocycles. The average Bonchev–Trinajstić information content (AvgIpc) is 2.90. The maximum atomic E-state index is 12.4. The summed E-state index contributed by atoms with van der Waals surface area (Å²) in [6.45, 7) is 5.08. The van der Waals surface area contributed by atoms with Gasteiger partial charge in [-0.25, -0.2) is 14.6 Å². The lowest BCUT2D eigenvalue weighted by molar-refractivity contribution is -0.129. The molecule has 32 heavy (non-hydrogen) atoms. The Morgan fingerprint density at radius 1 is 1.06 bits per heavy atom. The Labute approximate surface area is 187 Å². The van der Waals surface area contributed by atoms with Crippen molar-refractivity contribution in [2.75, 3.05) is 40.3 Å². The first-order chi connectivity index (χ1) is 15.4. The third kappa shape index (κ3) is 3.35. The van der Waals surface area contributed by atoms with E-state index in [-0.39, 0.29) is 5.09 Å². The summed E-state index contributed by atoms with van der Waals surface area (Å²) in [7, 11) is 0.701. The second-order valence-corrected chi connectivity index (χ2v) is 10.1. The van der Waals surface area contributed by atoms with Gasteiger partial charge in [-0.15, -0.1) is 0 Å². The molecule has 9 nitrogen and oxygen atoms in total. The zero-order valence-electron chi connectivity index (χ0n) is 18.0. The largest absolute Gasteiger partial charge is 0.497 e. The molecule has 0 atom stereocenters. The number of fused-ring (bicyclic) bond motifs is 2. The summed E-state index contributed by atoms with van der Waals surface area (Å²) in [5.41, 5.74) is 1.26. The molecule has 4 heterocycles. The van der Waals surface area contributed by atoms with E-state index in [4.69, 9.17) is 22.8 Å². The molecule has 0 N–H and O–H groups in total. The molecule has 0 aromatic heterocycles. The maximum absolute atomic E-state index is 12.4. The third-order valence-corrected chi connectivity index (χ3v) is 8.18. The molecule has 0 bridgehead atoms. The lowest BCUT2D eigenvalue weighted by Crippen LogP contribution is -2.47. The van der Waals surface area contributed by atoms with Crippen LogP contribution in [0, 0.1) is 0 Å². The fourth-order valence-electron chi connectivity index (χ4n) is 3.87. The predicted molar refractivity (Wildman–Crippen MR) is 119 cm³/mol. The molecule has 168 valence electrons. The van der Waals surface area contributed by atoms with Crippen molar-refractivity contribution in [1.82, 2.24) is 9.80 Å². The smallest absolute Gasteiger partial charge is 0.354 e. The zero-order chi connectivity index (χ0) is 22.5. The van der Waals surface area contributed by atoms with Gasteiger partial charge in [-0.3, -0.25) is 0 Å². The summed E-state index contributed by atoms with van der Waals surface area (Å²) in [4.78, 5) is 34.7. The highest BCUT2D eigenvalue weighted by Gasteiger charge is 2.47. The lowest BCUT2D eigenvalue weighted by Gasteiger charge is -2.39. The first kappa shape index (κ1) is 20.7. The van der Waals surface area contributed by atoms with Gasteiger partial charge in [0.15, 0.2) is 5.75 Å². The first-order valence-corrected chi connectivity index (χ1v) is 11.7. The molecule has 0 aliphatic carbocycles. The predicted octanol–water partition coefficient (Wildman–Crippen LogP) is 2.78. The van der Waals surface area contributed by atoms with Gasteiger partial charge in [0, 0.05) is 44.4 Å². The van der Waals surface area contributed by atoms with Crippen molar-refractivity contribution in [1.29, 1.82) is 0 Å². The fourth-order valence-corrected chi connectivity index (χ4v) is 6.10. The minimum Gasteiger partial charge on any atom is -0.497 e. The molecule has 1 aromatic carbocycles. The lowest BCUT2D eigenvalue weighted by atomic mass is 10.2. The quantitative estimate of drug-likeness (QED) is 0.636. The Kier molecular flexibility index (Phi) is 4.98. The van der Waals surface area contributed by atoms with Crippen LogP contribution in [0.15, 0.2) is 57.0 Å². The van der Waals surface area contributed by atoms with Crippen molar-refractivity contribution >= 4 is 34.1 Å². The summed E-state index contributed by atoms with van der Waals surface area (Å²) in [5, 5.41) is 0.282. The molecular weight excluding hydrogens is 434 g/mol. The van der Waals surface area contributed by atoms with Gasteiger partial charge in [-0.05, 0) is 42.8 Å². The number of carbonyl (C=O) groups excluding carboxylic acids is 2. The van der Waals surface area contributed by atoms with Gasteiger partial charge < -0.3 is 27.6 Å². The highest BCUT2D eigenvalue weighted by atomic mass is 32.3. The number of ether oxygens (including phenoxy) is 2. The van der Waals surface area contributed by atoms with E-state index in [9.17, 15) is 9.59 Å². The van der Waals surface area contributed by atoms with E-state index in [1.54, 1.807) is 20.1 Å². The Balaban J connectivity index is 1.68. The number of benzene rings is 1. The monoisotopic (exact) mass is 457 g/mol. The summed E-state index contributed by atoms with van der Waals surface area (Å²) in [6, 6.07) is 5.34. The van der Waals surface area contributed by atoms with Gasteiger partial charge in [0.25, 0.3) is 0 Å². The number of hydrogen-bond donors (Lipinski definition) is 0. The molecule has 5 rings (SSSR count). The standard InChI is InChI=1S/C22H23N3O6S/c1-14-12-16-21(25-10-8-24(2)9-11-25)23-17-5-4-15(28-3)13-18(17)29-22(16)32(14)30-19(26)6-7-20(27)31-32/h4-7,12-13H,8-11H2,1-3H3. The van der Waals surface area contributed by atoms with Gasteiger partial charge in [-0.1, -0.05) is 0 Å².